The molecule has 1 amide bonds. The summed E-state index contributed by atoms with van der Waals surface area (Å²) in [4.78, 5) is 20.8. The Labute approximate surface area is 177 Å². The number of aromatic nitrogens is 2. The summed E-state index contributed by atoms with van der Waals surface area (Å²) in [5.74, 6) is 0.130. The van der Waals surface area contributed by atoms with Crippen LogP contribution in [-0.2, 0) is 13.2 Å². The van der Waals surface area contributed by atoms with E-state index in [4.69, 9.17) is 4.74 Å². The van der Waals surface area contributed by atoms with Gasteiger partial charge in [-0.3, -0.25) is 9.78 Å². The Morgan fingerprint density at radius 2 is 1.87 bits per heavy atom. The fourth-order valence-electron chi connectivity index (χ4n) is 2.80. The Hall–Kier alpha value is -3.58. The Morgan fingerprint density at radius 3 is 2.70 bits per heavy atom. The van der Waals surface area contributed by atoms with Crippen molar-refractivity contribution in [2.24, 2.45) is 0 Å². The fraction of sp³-hybridized carbons (Fsp3) is 0.0870. The molecule has 0 atom stereocenters. The van der Waals surface area contributed by atoms with E-state index in [0.717, 1.165) is 21.7 Å². The molecule has 2 aromatic heterocycles. The van der Waals surface area contributed by atoms with Crippen LogP contribution in [-0.4, -0.2) is 15.9 Å². The summed E-state index contributed by atoms with van der Waals surface area (Å²) in [6.07, 6.45) is 3.37. The molecule has 0 aliphatic rings. The number of ether oxygens (including phenoxy) is 1. The standard InChI is InChI=1S/C23H18FN3O2S/c24-19-5-1-3-17(11-19)14-29-20-6-2-4-18(12-20)23-27-21(15-30-23)22(28)26-13-16-7-9-25-10-8-16/h1-12,15H,13-14H2,(H,26,28). The third kappa shape index (κ3) is 5.07. The number of halogens is 1. The maximum Gasteiger partial charge on any atom is 0.271 e. The SMILES string of the molecule is O=C(NCc1ccncc1)c1csc(-c2cccc(OCc3cccc(F)c3)c2)n1. The molecule has 4 aromatic rings. The van der Waals surface area contributed by atoms with Crippen molar-refractivity contribution >= 4 is 17.2 Å². The molecule has 1 N–H and O–H groups in total. The summed E-state index contributed by atoms with van der Waals surface area (Å²) >= 11 is 1.39. The first-order valence-electron chi connectivity index (χ1n) is 9.28. The van der Waals surface area contributed by atoms with Gasteiger partial charge in [0.25, 0.3) is 5.91 Å². The number of rotatable bonds is 7. The van der Waals surface area contributed by atoms with Gasteiger partial charge < -0.3 is 10.1 Å². The quantitative estimate of drug-likeness (QED) is 0.465. The number of benzene rings is 2. The number of amides is 1. The maximum absolute atomic E-state index is 13.3. The van der Waals surface area contributed by atoms with E-state index in [9.17, 15) is 9.18 Å². The first-order chi connectivity index (χ1) is 14.7. The molecule has 0 fully saturated rings. The van der Waals surface area contributed by atoms with Crippen LogP contribution in [0.3, 0.4) is 0 Å². The summed E-state index contributed by atoms with van der Waals surface area (Å²) in [6, 6.07) is 17.5. The highest BCUT2D eigenvalue weighted by atomic mass is 32.1. The minimum absolute atomic E-state index is 0.229. The zero-order valence-electron chi connectivity index (χ0n) is 15.9. The second-order valence-electron chi connectivity index (χ2n) is 6.52. The van der Waals surface area contributed by atoms with Crippen LogP contribution in [0.25, 0.3) is 10.6 Å². The molecule has 0 unspecified atom stereocenters. The molecule has 2 aromatic carbocycles. The predicted molar refractivity (Wildman–Crippen MR) is 114 cm³/mol. The number of thiazole rings is 1. The number of nitrogens with one attached hydrogen (secondary N) is 1. The summed E-state index contributed by atoms with van der Waals surface area (Å²) in [5, 5.41) is 5.31. The van der Waals surface area contributed by atoms with Gasteiger partial charge in [0.2, 0.25) is 0 Å². The van der Waals surface area contributed by atoms with E-state index in [1.807, 2.05) is 42.5 Å². The van der Waals surface area contributed by atoms with E-state index in [1.54, 1.807) is 23.8 Å². The molecule has 0 bridgehead atoms. The molecule has 150 valence electrons. The maximum atomic E-state index is 13.3. The van der Waals surface area contributed by atoms with Gasteiger partial charge in [0.1, 0.15) is 28.9 Å². The highest BCUT2D eigenvalue weighted by Crippen LogP contribution is 2.27. The fourth-order valence-corrected chi connectivity index (χ4v) is 3.59. The lowest BCUT2D eigenvalue weighted by Gasteiger charge is -2.07. The lowest BCUT2D eigenvalue weighted by molar-refractivity contribution is 0.0946. The summed E-state index contributed by atoms with van der Waals surface area (Å²) in [7, 11) is 0. The van der Waals surface area contributed by atoms with Crippen molar-refractivity contribution in [1.82, 2.24) is 15.3 Å². The summed E-state index contributed by atoms with van der Waals surface area (Å²) in [6.45, 7) is 0.680. The van der Waals surface area contributed by atoms with Crippen molar-refractivity contribution in [1.29, 1.82) is 0 Å². The molecule has 2 heterocycles. The lowest BCUT2D eigenvalue weighted by Crippen LogP contribution is -2.23. The predicted octanol–water partition coefficient (Wildman–Crippen LogP) is 4.85. The third-order valence-corrected chi connectivity index (χ3v) is 5.21. The minimum atomic E-state index is -0.289. The molecule has 0 spiro atoms. The zero-order chi connectivity index (χ0) is 20.8. The largest absolute Gasteiger partial charge is 0.489 e. The molecular formula is C23H18FN3O2S. The normalized spacial score (nSPS) is 10.6. The monoisotopic (exact) mass is 419 g/mol. The van der Waals surface area contributed by atoms with Crippen molar-refractivity contribution in [2.45, 2.75) is 13.2 Å². The van der Waals surface area contributed by atoms with Crippen molar-refractivity contribution < 1.29 is 13.9 Å². The number of nitrogens with zero attached hydrogens (tertiary/aromatic N) is 2. The Morgan fingerprint density at radius 1 is 1.03 bits per heavy atom. The van der Waals surface area contributed by atoms with Crippen LogP contribution in [0.5, 0.6) is 5.75 Å². The van der Waals surface area contributed by atoms with Crippen LogP contribution < -0.4 is 10.1 Å². The van der Waals surface area contributed by atoms with E-state index < -0.39 is 0 Å². The van der Waals surface area contributed by atoms with Crippen molar-refractivity contribution in [3.05, 3.63) is 101 Å². The van der Waals surface area contributed by atoms with Crippen LogP contribution >= 0.6 is 11.3 Å². The van der Waals surface area contributed by atoms with Gasteiger partial charge in [0.05, 0.1) is 0 Å². The van der Waals surface area contributed by atoms with Crippen LogP contribution in [0.4, 0.5) is 4.39 Å². The van der Waals surface area contributed by atoms with E-state index >= 15 is 0 Å². The second kappa shape index (κ2) is 9.28. The Balaban J connectivity index is 1.40. The molecule has 7 heteroatoms. The van der Waals surface area contributed by atoms with Crippen LogP contribution in [0.2, 0.25) is 0 Å². The second-order valence-corrected chi connectivity index (χ2v) is 7.38. The molecule has 0 radical (unpaired) electrons. The van der Waals surface area contributed by atoms with Crippen LogP contribution in [0.1, 0.15) is 21.6 Å². The van der Waals surface area contributed by atoms with E-state index in [2.05, 4.69) is 15.3 Å². The van der Waals surface area contributed by atoms with Crippen LogP contribution in [0.15, 0.2) is 78.4 Å². The molecule has 0 aliphatic heterocycles. The van der Waals surface area contributed by atoms with Crippen LogP contribution in [0, 0.1) is 5.82 Å². The first-order valence-corrected chi connectivity index (χ1v) is 10.2. The number of hydrogen-bond acceptors (Lipinski definition) is 5. The third-order valence-electron chi connectivity index (χ3n) is 4.31. The Bertz CT molecular complexity index is 1150. The Kier molecular flexibility index (Phi) is 6.10. The first kappa shape index (κ1) is 19.7. The molecule has 0 saturated carbocycles. The van der Waals surface area contributed by atoms with Crippen molar-refractivity contribution in [3.63, 3.8) is 0 Å². The molecular weight excluding hydrogens is 401 g/mol. The number of carbonyl (C=O) groups is 1. The zero-order valence-corrected chi connectivity index (χ0v) is 16.7. The molecule has 5 nitrogen and oxygen atoms in total. The van der Waals surface area contributed by atoms with Gasteiger partial charge in [-0.05, 0) is 47.5 Å². The number of pyridine rings is 1. The minimum Gasteiger partial charge on any atom is -0.489 e. The topological polar surface area (TPSA) is 64.1 Å². The van der Waals surface area contributed by atoms with E-state index in [-0.39, 0.29) is 18.3 Å². The number of carbonyl (C=O) groups excluding carboxylic acids is 1. The van der Waals surface area contributed by atoms with Crippen molar-refractivity contribution in [3.8, 4) is 16.3 Å². The molecule has 0 aliphatic carbocycles. The van der Waals surface area contributed by atoms with Gasteiger partial charge >= 0.3 is 0 Å². The molecule has 4 rings (SSSR count). The van der Waals surface area contributed by atoms with Gasteiger partial charge in [0.15, 0.2) is 0 Å². The molecule has 30 heavy (non-hydrogen) atoms. The summed E-state index contributed by atoms with van der Waals surface area (Å²) < 4.78 is 19.1. The summed E-state index contributed by atoms with van der Waals surface area (Å²) in [5.41, 5.74) is 2.94. The number of hydrogen-bond donors (Lipinski definition) is 1. The lowest BCUT2D eigenvalue weighted by atomic mass is 10.2. The smallest absolute Gasteiger partial charge is 0.271 e. The average Bonchev–Trinajstić information content (AvgIpc) is 3.28. The van der Waals surface area contributed by atoms with Gasteiger partial charge in [-0.25, -0.2) is 9.37 Å². The van der Waals surface area contributed by atoms with Gasteiger partial charge in [-0.2, -0.15) is 0 Å². The van der Waals surface area contributed by atoms with Crippen molar-refractivity contribution in [2.75, 3.05) is 0 Å². The van der Waals surface area contributed by atoms with Gasteiger partial charge in [-0.1, -0.05) is 24.3 Å². The van der Waals surface area contributed by atoms with E-state index in [0.29, 0.717) is 18.0 Å². The average molecular weight is 419 g/mol. The van der Waals surface area contributed by atoms with Gasteiger partial charge in [-0.15, -0.1) is 11.3 Å². The highest BCUT2D eigenvalue weighted by molar-refractivity contribution is 7.13. The molecule has 0 saturated heterocycles. The van der Waals surface area contributed by atoms with E-state index in [1.165, 1.54) is 23.5 Å². The highest BCUT2D eigenvalue weighted by Gasteiger charge is 2.12. The van der Waals surface area contributed by atoms with Gasteiger partial charge in [0, 0.05) is 29.9 Å².